The van der Waals surface area contributed by atoms with E-state index < -0.39 is 0 Å². The fraction of sp³-hybridized carbons (Fsp3) is 0.357. The Morgan fingerprint density at radius 2 is 2.25 bits per heavy atom. The van der Waals surface area contributed by atoms with Gasteiger partial charge in [0.15, 0.2) is 0 Å². The summed E-state index contributed by atoms with van der Waals surface area (Å²) in [6.07, 6.45) is 9.51. The molecule has 1 aromatic heterocycles. The second kappa shape index (κ2) is 6.11. The van der Waals surface area contributed by atoms with Crippen LogP contribution in [0.25, 0.3) is 5.57 Å². The highest BCUT2D eigenvalue weighted by atomic mass is 15.1. The standard InChI is InChI=1S/C14H20N2/c1-5-7-8-9-13(11(3)6-2)14-10-12(4)15-16-14/h6-10H,5H2,1-4H3,(H,15,16)/b8-7+,11-6-,13-9+. The van der Waals surface area contributed by atoms with Crippen molar-refractivity contribution >= 4 is 5.57 Å². The van der Waals surface area contributed by atoms with Crippen molar-refractivity contribution in [1.29, 1.82) is 0 Å². The second-order valence-electron chi connectivity index (χ2n) is 3.82. The first kappa shape index (κ1) is 12.5. The average Bonchev–Trinajstić information content (AvgIpc) is 2.70. The summed E-state index contributed by atoms with van der Waals surface area (Å²) in [6.45, 7) is 8.30. The smallest absolute Gasteiger partial charge is 0.0925 e. The molecule has 1 aromatic rings. The summed E-state index contributed by atoms with van der Waals surface area (Å²) in [7, 11) is 0. The van der Waals surface area contributed by atoms with Crippen LogP contribution in [0.15, 0.2) is 35.9 Å². The number of allylic oxidation sites excluding steroid dienone is 6. The number of aromatic nitrogens is 2. The van der Waals surface area contributed by atoms with Gasteiger partial charge in [0.1, 0.15) is 0 Å². The molecule has 2 nitrogen and oxygen atoms in total. The van der Waals surface area contributed by atoms with Gasteiger partial charge in [0.25, 0.3) is 0 Å². The van der Waals surface area contributed by atoms with Gasteiger partial charge in [-0.1, -0.05) is 31.2 Å². The monoisotopic (exact) mass is 216 g/mol. The second-order valence-corrected chi connectivity index (χ2v) is 3.82. The van der Waals surface area contributed by atoms with Gasteiger partial charge in [-0.15, -0.1) is 0 Å². The molecule has 0 saturated carbocycles. The molecule has 86 valence electrons. The van der Waals surface area contributed by atoms with Crippen molar-refractivity contribution in [3.8, 4) is 0 Å². The molecule has 0 unspecified atom stereocenters. The van der Waals surface area contributed by atoms with E-state index in [1.54, 1.807) is 0 Å². The summed E-state index contributed by atoms with van der Waals surface area (Å²) in [5, 5.41) is 7.27. The fourth-order valence-corrected chi connectivity index (χ4v) is 1.43. The van der Waals surface area contributed by atoms with E-state index in [1.165, 1.54) is 11.1 Å². The minimum atomic E-state index is 1.01. The quantitative estimate of drug-likeness (QED) is 0.756. The lowest BCUT2D eigenvalue weighted by atomic mass is 10.0. The third-order valence-corrected chi connectivity index (χ3v) is 2.47. The van der Waals surface area contributed by atoms with Gasteiger partial charge in [-0.2, -0.15) is 5.10 Å². The van der Waals surface area contributed by atoms with Gasteiger partial charge >= 0.3 is 0 Å². The minimum Gasteiger partial charge on any atom is -0.282 e. The Balaban J connectivity index is 3.06. The first-order valence-corrected chi connectivity index (χ1v) is 5.71. The highest BCUT2D eigenvalue weighted by Gasteiger charge is 2.05. The molecule has 0 radical (unpaired) electrons. The van der Waals surface area contributed by atoms with Crippen molar-refractivity contribution < 1.29 is 0 Å². The normalized spacial score (nSPS) is 13.8. The molecular weight excluding hydrogens is 196 g/mol. The number of H-pyrrole nitrogens is 1. The molecular formula is C14H20N2. The largest absolute Gasteiger partial charge is 0.282 e. The average molecular weight is 216 g/mol. The van der Waals surface area contributed by atoms with Crippen LogP contribution in [0.3, 0.4) is 0 Å². The van der Waals surface area contributed by atoms with Gasteiger partial charge in [-0.25, -0.2) is 0 Å². The number of aryl methyl sites for hydroxylation is 1. The lowest BCUT2D eigenvalue weighted by molar-refractivity contribution is 1.03. The maximum absolute atomic E-state index is 4.30. The van der Waals surface area contributed by atoms with Crippen molar-refractivity contribution in [2.45, 2.75) is 34.1 Å². The highest BCUT2D eigenvalue weighted by molar-refractivity contribution is 5.77. The summed E-state index contributed by atoms with van der Waals surface area (Å²) >= 11 is 0. The van der Waals surface area contributed by atoms with Gasteiger partial charge in [0.05, 0.1) is 5.69 Å². The molecule has 1 rings (SSSR count). The lowest BCUT2D eigenvalue weighted by Crippen LogP contribution is -1.86. The van der Waals surface area contributed by atoms with Gasteiger partial charge in [0, 0.05) is 11.3 Å². The summed E-state index contributed by atoms with van der Waals surface area (Å²) in [4.78, 5) is 0. The number of aromatic amines is 1. The zero-order valence-corrected chi connectivity index (χ0v) is 10.5. The molecule has 0 spiro atoms. The predicted molar refractivity (Wildman–Crippen MR) is 70.2 cm³/mol. The van der Waals surface area contributed by atoms with E-state index >= 15 is 0 Å². The number of nitrogens with one attached hydrogen (secondary N) is 1. The van der Waals surface area contributed by atoms with Crippen LogP contribution in [-0.2, 0) is 0 Å². The molecule has 1 heterocycles. The Labute approximate surface area is 97.8 Å². The van der Waals surface area contributed by atoms with E-state index in [9.17, 15) is 0 Å². The minimum absolute atomic E-state index is 1.01. The highest BCUT2D eigenvalue weighted by Crippen LogP contribution is 2.21. The fourth-order valence-electron chi connectivity index (χ4n) is 1.43. The van der Waals surface area contributed by atoms with Crippen molar-refractivity contribution in [2.24, 2.45) is 0 Å². The maximum atomic E-state index is 4.30. The van der Waals surface area contributed by atoms with E-state index in [4.69, 9.17) is 0 Å². The Hall–Kier alpha value is -1.57. The van der Waals surface area contributed by atoms with E-state index in [0.717, 1.165) is 17.8 Å². The molecule has 0 aliphatic heterocycles. The van der Waals surface area contributed by atoms with Gasteiger partial charge in [-0.05, 0) is 38.8 Å². The van der Waals surface area contributed by atoms with Gasteiger partial charge in [-0.3, -0.25) is 5.10 Å². The summed E-state index contributed by atoms with van der Waals surface area (Å²) in [5.74, 6) is 0. The number of rotatable bonds is 4. The molecule has 0 atom stereocenters. The molecule has 1 N–H and O–H groups in total. The van der Waals surface area contributed by atoms with Crippen LogP contribution >= 0.6 is 0 Å². The van der Waals surface area contributed by atoms with Crippen LogP contribution in [0, 0.1) is 6.92 Å². The molecule has 0 saturated heterocycles. The third-order valence-electron chi connectivity index (χ3n) is 2.47. The lowest BCUT2D eigenvalue weighted by Gasteiger charge is -2.02. The Bertz CT molecular complexity index is 420. The molecule has 16 heavy (non-hydrogen) atoms. The van der Waals surface area contributed by atoms with Crippen molar-refractivity contribution in [2.75, 3.05) is 0 Å². The maximum Gasteiger partial charge on any atom is 0.0925 e. The van der Waals surface area contributed by atoms with Crippen molar-refractivity contribution in [3.05, 3.63) is 47.3 Å². The summed E-state index contributed by atoms with van der Waals surface area (Å²) in [6, 6.07) is 2.07. The van der Waals surface area contributed by atoms with Crippen LogP contribution in [0.1, 0.15) is 38.6 Å². The molecule has 2 heteroatoms. The van der Waals surface area contributed by atoms with E-state index in [0.29, 0.717) is 0 Å². The van der Waals surface area contributed by atoms with Crippen LogP contribution in [0.5, 0.6) is 0 Å². The van der Waals surface area contributed by atoms with Crippen molar-refractivity contribution in [3.63, 3.8) is 0 Å². The number of hydrogen-bond donors (Lipinski definition) is 1. The SMILES string of the molecule is C\C=C(C)/C(=C\C=C\CC)c1cc(C)[nH]n1. The van der Waals surface area contributed by atoms with Gasteiger partial charge in [0.2, 0.25) is 0 Å². The van der Waals surface area contributed by atoms with E-state index in [1.807, 2.05) is 13.8 Å². The summed E-state index contributed by atoms with van der Waals surface area (Å²) in [5.41, 5.74) is 4.52. The molecule has 0 aromatic carbocycles. The first-order valence-electron chi connectivity index (χ1n) is 5.71. The zero-order valence-electron chi connectivity index (χ0n) is 10.5. The van der Waals surface area contributed by atoms with E-state index in [-0.39, 0.29) is 0 Å². The van der Waals surface area contributed by atoms with Crippen molar-refractivity contribution in [1.82, 2.24) is 10.2 Å². The zero-order chi connectivity index (χ0) is 12.0. The topological polar surface area (TPSA) is 28.7 Å². The predicted octanol–water partition coefficient (Wildman–Crippen LogP) is 4.03. The molecule has 0 amide bonds. The van der Waals surface area contributed by atoms with Crippen LogP contribution in [0.2, 0.25) is 0 Å². The Morgan fingerprint density at radius 3 is 2.75 bits per heavy atom. The first-order chi connectivity index (χ1) is 7.69. The molecule has 0 aliphatic carbocycles. The van der Waals surface area contributed by atoms with E-state index in [2.05, 4.69) is 54.4 Å². The number of nitrogens with zero attached hydrogens (tertiary/aromatic N) is 1. The third kappa shape index (κ3) is 3.23. The molecule has 0 fully saturated rings. The van der Waals surface area contributed by atoms with Gasteiger partial charge < -0.3 is 0 Å². The van der Waals surface area contributed by atoms with Crippen LogP contribution in [-0.4, -0.2) is 10.2 Å². The van der Waals surface area contributed by atoms with Crippen LogP contribution in [0.4, 0.5) is 0 Å². The van der Waals surface area contributed by atoms with Crippen LogP contribution < -0.4 is 0 Å². The molecule has 0 bridgehead atoms. The Morgan fingerprint density at radius 1 is 1.50 bits per heavy atom. The summed E-state index contributed by atoms with van der Waals surface area (Å²) < 4.78 is 0. The molecule has 0 aliphatic rings. The number of hydrogen-bond acceptors (Lipinski definition) is 1. The Kier molecular flexibility index (Phi) is 4.77.